The summed E-state index contributed by atoms with van der Waals surface area (Å²) in [7, 11) is 0. The van der Waals surface area contributed by atoms with E-state index in [-0.39, 0.29) is 35.0 Å². The molecule has 3 atom stereocenters. The third-order valence-corrected chi connectivity index (χ3v) is 14.1. The number of halogens is 2. The van der Waals surface area contributed by atoms with Crippen LogP contribution in [0, 0.1) is 72.3 Å². The summed E-state index contributed by atoms with van der Waals surface area (Å²) in [5.74, 6) is -1.12. The average molecular weight is 999 g/mol. The number of benzene rings is 6. The molecule has 0 bridgehead atoms. The summed E-state index contributed by atoms with van der Waals surface area (Å²) in [5, 5.41) is 55.7. The van der Waals surface area contributed by atoms with Crippen molar-refractivity contribution < 1.29 is 33.4 Å². The van der Waals surface area contributed by atoms with Crippen LogP contribution in [0.5, 0.6) is 0 Å². The van der Waals surface area contributed by atoms with Crippen LogP contribution in [0.3, 0.4) is 0 Å². The van der Waals surface area contributed by atoms with Crippen molar-refractivity contribution in [2.24, 2.45) is 5.92 Å². The molecule has 70 heavy (non-hydrogen) atoms. The highest BCUT2D eigenvalue weighted by molar-refractivity contribution is 7.99. The Labute approximate surface area is 420 Å². The third kappa shape index (κ3) is 17.5. The lowest BCUT2D eigenvalue weighted by molar-refractivity contribution is -0.130. The molecule has 6 aromatic rings. The van der Waals surface area contributed by atoms with Gasteiger partial charge < -0.3 is 26.2 Å². The van der Waals surface area contributed by atoms with Crippen LogP contribution in [0.1, 0.15) is 54.2 Å². The monoisotopic (exact) mass is 998 g/mol. The first-order valence-electron chi connectivity index (χ1n) is 21.6. The quantitative estimate of drug-likeness (QED) is 0.0613. The average Bonchev–Trinajstić information content (AvgIpc) is 3.33. The molecule has 0 aliphatic rings. The van der Waals surface area contributed by atoms with Crippen molar-refractivity contribution in [2.45, 2.75) is 67.4 Å². The van der Waals surface area contributed by atoms with Crippen LogP contribution in [0.4, 0.5) is 25.8 Å². The molecule has 3 amide bonds. The molecule has 5 N–H and O–H groups in total. The second kappa shape index (κ2) is 26.7. The maximum absolute atomic E-state index is 13.6. The van der Waals surface area contributed by atoms with Gasteiger partial charge in [0.25, 0.3) is 11.8 Å². The number of rotatable bonds is 15. The van der Waals surface area contributed by atoms with Gasteiger partial charge in [0.2, 0.25) is 5.91 Å². The van der Waals surface area contributed by atoms with Crippen molar-refractivity contribution in [2.75, 3.05) is 33.2 Å². The fraction of sp³-hybridized carbons (Fsp3) is 0.222. The number of carbonyl (C=O) groups is 3. The van der Waals surface area contributed by atoms with Gasteiger partial charge in [-0.25, -0.2) is 8.78 Å². The molecule has 16 heteroatoms. The number of nitrogens with zero attached hydrogens (tertiary/aromatic N) is 3. The van der Waals surface area contributed by atoms with Crippen LogP contribution in [0.25, 0.3) is 0 Å². The van der Waals surface area contributed by atoms with Gasteiger partial charge in [-0.05, 0) is 154 Å². The lowest BCUT2D eigenvalue weighted by Crippen LogP contribution is -2.42. The first kappa shape index (κ1) is 55.6. The Bertz CT molecular complexity index is 2900. The van der Waals surface area contributed by atoms with E-state index in [9.17, 15) is 33.4 Å². The van der Waals surface area contributed by atoms with E-state index < -0.39 is 23.0 Å². The Morgan fingerprint density at radius 1 is 0.571 bits per heavy atom. The van der Waals surface area contributed by atoms with Crippen LogP contribution in [0.15, 0.2) is 148 Å². The first-order chi connectivity index (χ1) is 33.2. The predicted molar refractivity (Wildman–Crippen MR) is 275 cm³/mol. The minimum Gasteiger partial charge on any atom is -0.379 e. The number of aryl methyl sites for hydroxylation is 3. The Morgan fingerprint density at radius 3 is 1.43 bits per heavy atom. The molecule has 0 saturated carbocycles. The maximum Gasteiger partial charge on any atom is 0.256 e. The Kier molecular flexibility index (Phi) is 21.2. The summed E-state index contributed by atoms with van der Waals surface area (Å²) < 4.78 is 26.4. The van der Waals surface area contributed by atoms with Crippen LogP contribution >= 0.6 is 35.3 Å². The van der Waals surface area contributed by atoms with Gasteiger partial charge in [0.15, 0.2) is 0 Å². The fourth-order valence-electron chi connectivity index (χ4n) is 5.88. The zero-order valence-corrected chi connectivity index (χ0v) is 41.8. The van der Waals surface area contributed by atoms with Gasteiger partial charge in [0.05, 0.1) is 34.9 Å². The van der Waals surface area contributed by atoms with Gasteiger partial charge in [-0.1, -0.05) is 37.3 Å². The van der Waals surface area contributed by atoms with Crippen LogP contribution in [-0.2, 0) is 14.4 Å². The number of thioether (sulfide) groups is 3. The summed E-state index contributed by atoms with van der Waals surface area (Å²) in [6.45, 7) is 10.1. The highest BCUT2D eigenvalue weighted by Gasteiger charge is 2.32. The van der Waals surface area contributed by atoms with Gasteiger partial charge >= 0.3 is 0 Å². The second-order valence-electron chi connectivity index (χ2n) is 16.4. The number of hydrogen-bond acceptors (Lipinski definition) is 11. The van der Waals surface area contributed by atoms with Crippen molar-refractivity contribution >= 4 is 70.1 Å². The van der Waals surface area contributed by atoms with Gasteiger partial charge in [0.1, 0.15) is 22.8 Å². The third-order valence-electron chi connectivity index (χ3n) is 10.2. The molecule has 0 heterocycles. The molecule has 3 unspecified atom stereocenters. The van der Waals surface area contributed by atoms with E-state index in [2.05, 4.69) is 28.1 Å². The Hall–Kier alpha value is -6.97. The lowest BCUT2D eigenvalue weighted by Gasteiger charge is -2.22. The van der Waals surface area contributed by atoms with Gasteiger partial charge in [-0.15, -0.1) is 35.3 Å². The SMILES string of the molecule is Cc1cc(NC(=O)C(C)(O)CSc2ccccc2)ccc1C#N.Cc1cc(NC(=O)C(C)(O)CSc2ccccc2F)ccc1C#N.Cc1cc(NC(=O)C(C)CSc2ccc(F)cc2)ccc1C#N. The Balaban J connectivity index is 0.000000228. The van der Waals surface area contributed by atoms with E-state index in [1.165, 1.54) is 55.6 Å². The van der Waals surface area contributed by atoms with Gasteiger partial charge in [0, 0.05) is 54.9 Å². The largest absolute Gasteiger partial charge is 0.379 e. The van der Waals surface area contributed by atoms with E-state index in [1.807, 2.05) is 50.2 Å². The number of nitriles is 3. The number of anilines is 3. The first-order valence-corrected chi connectivity index (χ1v) is 24.5. The summed E-state index contributed by atoms with van der Waals surface area (Å²) in [5.41, 5.74) is 2.61. The molecule has 360 valence electrons. The molecule has 0 radical (unpaired) electrons. The van der Waals surface area contributed by atoms with E-state index >= 15 is 0 Å². The highest BCUT2D eigenvalue weighted by Crippen LogP contribution is 2.28. The van der Waals surface area contributed by atoms with Gasteiger partial charge in [-0.3, -0.25) is 14.4 Å². The zero-order valence-electron chi connectivity index (χ0n) is 39.3. The normalized spacial score (nSPS) is 12.5. The molecule has 0 aromatic heterocycles. The number of aliphatic hydroxyl groups is 2. The van der Waals surface area contributed by atoms with Crippen molar-refractivity contribution in [3.63, 3.8) is 0 Å². The molecule has 6 rings (SSSR count). The molecular formula is C54H52F2N6O5S3. The van der Waals surface area contributed by atoms with Crippen LogP contribution < -0.4 is 16.0 Å². The molecule has 11 nitrogen and oxygen atoms in total. The Morgan fingerprint density at radius 2 is 0.986 bits per heavy atom. The molecule has 0 spiro atoms. The fourth-order valence-corrected chi connectivity index (χ4v) is 8.68. The minimum atomic E-state index is -1.67. The number of amides is 3. The predicted octanol–water partition coefficient (Wildman–Crippen LogP) is 11.2. The molecule has 0 aliphatic carbocycles. The number of nitrogens with one attached hydrogen (secondary N) is 3. The van der Waals surface area contributed by atoms with Crippen LogP contribution in [-0.4, -0.2) is 56.4 Å². The molecule has 0 aliphatic heterocycles. The summed E-state index contributed by atoms with van der Waals surface area (Å²) >= 11 is 4.01. The second-order valence-corrected chi connectivity index (χ2v) is 19.5. The van der Waals surface area contributed by atoms with E-state index in [4.69, 9.17) is 15.8 Å². The summed E-state index contributed by atoms with van der Waals surface area (Å²) in [6.07, 6.45) is 0. The van der Waals surface area contributed by atoms with E-state index in [0.29, 0.717) is 44.4 Å². The summed E-state index contributed by atoms with van der Waals surface area (Å²) in [6, 6.07) is 43.4. The topological polar surface area (TPSA) is 199 Å². The standard InChI is InChI=1S/C18H17FN2O2S.C18H17FN2OS.C18H18N2O2S/c1-12-9-14(8-7-13(12)10-20)21-17(22)18(2,23)11-24-16-6-4-3-5-15(16)19;1-12-9-16(6-3-14(12)10-20)21-18(22)13(2)11-23-17-7-4-15(19)5-8-17;1-13-10-15(9-8-14(13)11-19)20-17(21)18(2,22)12-23-16-6-4-3-5-7-16/h3-9,23H,11H2,1-2H3,(H,21,22);3-9,13H,11H2,1-2H3,(H,21,22);3-10,22H,12H2,1-2H3,(H,20,21). The van der Waals surface area contributed by atoms with E-state index in [0.717, 1.165) is 38.2 Å². The van der Waals surface area contributed by atoms with E-state index in [1.54, 1.807) is 98.8 Å². The maximum atomic E-state index is 13.6. The molecular weight excluding hydrogens is 947 g/mol. The molecule has 6 aromatic carbocycles. The lowest BCUT2D eigenvalue weighted by atomic mass is 10.1. The number of carbonyl (C=O) groups excluding carboxylic acids is 3. The van der Waals surface area contributed by atoms with Gasteiger partial charge in [-0.2, -0.15) is 15.8 Å². The van der Waals surface area contributed by atoms with Crippen LogP contribution in [0.2, 0.25) is 0 Å². The molecule has 0 fully saturated rings. The minimum absolute atomic E-state index is 0.00896. The van der Waals surface area contributed by atoms with Crippen molar-refractivity contribution in [3.05, 3.63) is 178 Å². The van der Waals surface area contributed by atoms with Crippen molar-refractivity contribution in [1.29, 1.82) is 15.8 Å². The van der Waals surface area contributed by atoms with Crippen molar-refractivity contribution in [3.8, 4) is 18.2 Å². The highest BCUT2D eigenvalue weighted by atomic mass is 32.2. The number of hydrogen-bond donors (Lipinski definition) is 5. The zero-order chi connectivity index (χ0) is 51.4. The van der Waals surface area contributed by atoms with Crippen molar-refractivity contribution in [1.82, 2.24) is 0 Å². The summed E-state index contributed by atoms with van der Waals surface area (Å²) in [4.78, 5) is 39.1. The molecule has 0 saturated heterocycles. The smallest absolute Gasteiger partial charge is 0.256 e.